The Hall–Kier alpha value is -0.570. The van der Waals surface area contributed by atoms with Crippen LogP contribution in [0.15, 0.2) is 36.0 Å². The van der Waals surface area contributed by atoms with Crippen molar-refractivity contribution in [1.82, 2.24) is 4.90 Å². The highest BCUT2D eigenvalue weighted by atomic mass is 35.5. The molecule has 0 aromatic rings. The maximum atomic E-state index is 6.49. The summed E-state index contributed by atoms with van der Waals surface area (Å²) in [6, 6.07) is 0. The Balaban J connectivity index is 1.78. The average Bonchev–Trinajstić information content (AvgIpc) is 2.95. The lowest BCUT2D eigenvalue weighted by molar-refractivity contribution is -0.0800. The predicted molar refractivity (Wildman–Crippen MR) is 102 cm³/mol. The molecule has 0 radical (unpaired) electrons. The molecule has 0 bridgehead atoms. The van der Waals surface area contributed by atoms with Crippen LogP contribution in [0.1, 0.15) is 39.5 Å². The van der Waals surface area contributed by atoms with E-state index in [4.69, 9.17) is 16.3 Å². The van der Waals surface area contributed by atoms with Crippen molar-refractivity contribution in [2.75, 3.05) is 26.7 Å². The standard InChI is InChI=1S/C21H32ClNO/c1-5-15(3)20-10-18(22)7-8-19(20)17(6-2)9-16-11-21(24-12-16)13-23(4)14-21/h6,9,11,15,18-20H,2,5,7-8,10,12-14H2,1,3-4H3/b17-9+. The van der Waals surface area contributed by atoms with E-state index in [1.165, 1.54) is 24.0 Å². The zero-order valence-electron chi connectivity index (χ0n) is 15.4. The summed E-state index contributed by atoms with van der Waals surface area (Å²) in [5.74, 6) is 1.97. The van der Waals surface area contributed by atoms with E-state index in [-0.39, 0.29) is 5.60 Å². The second-order valence-electron chi connectivity index (χ2n) is 8.16. The van der Waals surface area contributed by atoms with Gasteiger partial charge in [0.2, 0.25) is 0 Å². The van der Waals surface area contributed by atoms with Gasteiger partial charge in [0.25, 0.3) is 0 Å². The summed E-state index contributed by atoms with van der Waals surface area (Å²) < 4.78 is 6.07. The van der Waals surface area contributed by atoms with Gasteiger partial charge in [-0.05, 0) is 61.3 Å². The lowest BCUT2D eigenvalue weighted by Gasteiger charge is -2.43. The van der Waals surface area contributed by atoms with Crippen LogP contribution in [0.4, 0.5) is 0 Å². The van der Waals surface area contributed by atoms with Crippen LogP contribution in [-0.2, 0) is 4.74 Å². The van der Waals surface area contributed by atoms with Gasteiger partial charge in [0, 0.05) is 18.5 Å². The summed E-state index contributed by atoms with van der Waals surface area (Å²) in [6.07, 6.45) is 11.4. The highest BCUT2D eigenvalue weighted by Gasteiger charge is 2.43. The Morgan fingerprint density at radius 1 is 1.50 bits per heavy atom. The fourth-order valence-electron chi connectivity index (χ4n) is 4.81. The van der Waals surface area contributed by atoms with Crippen molar-refractivity contribution in [2.45, 2.75) is 50.5 Å². The van der Waals surface area contributed by atoms with E-state index in [1.807, 2.05) is 0 Å². The minimum Gasteiger partial charge on any atom is -0.364 e. The molecular formula is C21H32ClNO. The summed E-state index contributed by atoms with van der Waals surface area (Å²) in [4.78, 5) is 2.30. The summed E-state index contributed by atoms with van der Waals surface area (Å²) in [5, 5.41) is 0.342. The number of hydrogen-bond donors (Lipinski definition) is 0. The number of allylic oxidation sites excluding steroid dienone is 2. The van der Waals surface area contributed by atoms with Crippen LogP contribution >= 0.6 is 11.6 Å². The quantitative estimate of drug-likeness (QED) is 0.521. The van der Waals surface area contributed by atoms with E-state index >= 15 is 0 Å². The van der Waals surface area contributed by atoms with Crippen molar-refractivity contribution >= 4 is 11.6 Å². The first-order valence-electron chi connectivity index (χ1n) is 9.48. The van der Waals surface area contributed by atoms with E-state index in [0.29, 0.717) is 23.1 Å². The minimum atomic E-state index is -0.0171. The van der Waals surface area contributed by atoms with Crippen molar-refractivity contribution in [3.8, 4) is 0 Å². The minimum absolute atomic E-state index is 0.0171. The molecule has 3 heteroatoms. The molecule has 0 N–H and O–H groups in total. The Morgan fingerprint density at radius 2 is 2.25 bits per heavy atom. The van der Waals surface area contributed by atoms with Gasteiger partial charge in [-0.3, -0.25) is 4.90 Å². The van der Waals surface area contributed by atoms with Crippen LogP contribution in [0.5, 0.6) is 0 Å². The van der Waals surface area contributed by atoms with Crippen LogP contribution in [0.3, 0.4) is 0 Å². The topological polar surface area (TPSA) is 12.5 Å². The normalized spacial score (nSPS) is 34.8. The summed E-state index contributed by atoms with van der Waals surface area (Å²) >= 11 is 6.49. The van der Waals surface area contributed by atoms with Crippen LogP contribution in [0.25, 0.3) is 0 Å². The Kier molecular flexibility index (Phi) is 5.58. The number of likely N-dealkylation sites (N-methyl/N-ethyl adjacent to an activating group) is 1. The van der Waals surface area contributed by atoms with E-state index in [1.54, 1.807) is 0 Å². The van der Waals surface area contributed by atoms with Crippen LogP contribution in [0.2, 0.25) is 0 Å². The molecular weight excluding hydrogens is 318 g/mol. The summed E-state index contributed by atoms with van der Waals surface area (Å²) in [6.45, 7) is 11.6. The molecule has 3 aliphatic rings. The van der Waals surface area contributed by atoms with Crippen LogP contribution < -0.4 is 0 Å². The molecule has 134 valence electrons. The zero-order chi connectivity index (χ0) is 17.3. The average molecular weight is 350 g/mol. The van der Waals surface area contributed by atoms with Crippen molar-refractivity contribution in [1.29, 1.82) is 0 Å². The molecule has 2 heterocycles. The third-order valence-electron chi connectivity index (χ3n) is 6.28. The molecule has 1 spiro atoms. The summed E-state index contributed by atoms with van der Waals surface area (Å²) in [5.41, 5.74) is 2.70. The number of halogens is 1. The Labute approximate surface area is 152 Å². The second kappa shape index (κ2) is 7.35. The molecule has 2 aliphatic heterocycles. The van der Waals surface area contributed by atoms with Crippen LogP contribution in [-0.4, -0.2) is 42.6 Å². The van der Waals surface area contributed by atoms with Gasteiger partial charge in [0.1, 0.15) is 5.60 Å². The first-order valence-corrected chi connectivity index (χ1v) is 9.92. The van der Waals surface area contributed by atoms with Crippen molar-refractivity contribution in [3.63, 3.8) is 0 Å². The second-order valence-corrected chi connectivity index (χ2v) is 8.78. The number of rotatable bonds is 5. The molecule has 3 rings (SSSR count). The van der Waals surface area contributed by atoms with Gasteiger partial charge in [-0.1, -0.05) is 39.0 Å². The fourth-order valence-corrected chi connectivity index (χ4v) is 5.14. The molecule has 24 heavy (non-hydrogen) atoms. The van der Waals surface area contributed by atoms with Crippen molar-refractivity contribution in [2.24, 2.45) is 17.8 Å². The lowest BCUT2D eigenvalue weighted by atomic mass is 9.69. The van der Waals surface area contributed by atoms with Crippen molar-refractivity contribution < 1.29 is 4.74 Å². The maximum Gasteiger partial charge on any atom is 0.113 e. The van der Waals surface area contributed by atoms with E-state index in [2.05, 4.69) is 50.6 Å². The van der Waals surface area contributed by atoms with Gasteiger partial charge in [-0.15, -0.1) is 11.6 Å². The fraction of sp³-hybridized carbons (Fsp3) is 0.714. The first-order chi connectivity index (χ1) is 11.5. The van der Waals surface area contributed by atoms with E-state index in [0.717, 1.165) is 32.5 Å². The first kappa shape index (κ1) is 18.2. The van der Waals surface area contributed by atoms with Gasteiger partial charge < -0.3 is 4.74 Å². The van der Waals surface area contributed by atoms with E-state index in [9.17, 15) is 0 Å². The van der Waals surface area contributed by atoms with Gasteiger partial charge in [-0.25, -0.2) is 0 Å². The zero-order valence-corrected chi connectivity index (χ0v) is 16.2. The molecule has 1 saturated heterocycles. The summed E-state index contributed by atoms with van der Waals surface area (Å²) in [7, 11) is 2.15. The van der Waals surface area contributed by atoms with E-state index < -0.39 is 0 Å². The Bertz CT molecular complexity index is 532. The molecule has 0 aromatic heterocycles. The molecule has 2 fully saturated rings. The number of hydrogen-bond acceptors (Lipinski definition) is 2. The number of nitrogens with zero attached hydrogens (tertiary/aromatic N) is 1. The number of likely N-dealkylation sites (tertiary alicyclic amines) is 1. The van der Waals surface area contributed by atoms with Gasteiger partial charge in [0.15, 0.2) is 0 Å². The smallest absolute Gasteiger partial charge is 0.113 e. The number of ether oxygens (including phenoxy) is 1. The van der Waals surface area contributed by atoms with Crippen molar-refractivity contribution in [3.05, 3.63) is 36.0 Å². The van der Waals surface area contributed by atoms with Crippen LogP contribution in [0, 0.1) is 17.8 Å². The largest absolute Gasteiger partial charge is 0.364 e. The molecule has 1 saturated carbocycles. The predicted octanol–water partition coefficient (Wildman–Crippen LogP) is 4.81. The Morgan fingerprint density at radius 3 is 2.88 bits per heavy atom. The van der Waals surface area contributed by atoms with Gasteiger partial charge in [0.05, 0.1) is 6.61 Å². The monoisotopic (exact) mass is 349 g/mol. The molecule has 2 nitrogen and oxygen atoms in total. The highest BCUT2D eigenvalue weighted by Crippen LogP contribution is 2.43. The van der Waals surface area contributed by atoms with Gasteiger partial charge >= 0.3 is 0 Å². The number of alkyl halides is 1. The molecule has 4 unspecified atom stereocenters. The third-order valence-corrected chi connectivity index (χ3v) is 6.67. The van der Waals surface area contributed by atoms with Gasteiger partial charge in [-0.2, -0.15) is 0 Å². The molecule has 4 atom stereocenters. The molecule has 1 aliphatic carbocycles. The molecule has 0 amide bonds. The molecule has 0 aromatic carbocycles. The lowest BCUT2D eigenvalue weighted by Crippen LogP contribution is -2.58. The highest BCUT2D eigenvalue weighted by molar-refractivity contribution is 6.20. The SMILES string of the molecule is C=C/C(=C\C1=CC2(CN(C)C2)OC1)C1CCC(Cl)CC1C(C)CC. The third kappa shape index (κ3) is 3.66. The maximum absolute atomic E-state index is 6.49.